The van der Waals surface area contributed by atoms with Crippen molar-refractivity contribution in [1.82, 2.24) is 9.88 Å². The van der Waals surface area contributed by atoms with E-state index in [1.807, 2.05) is 52.2 Å². The summed E-state index contributed by atoms with van der Waals surface area (Å²) in [5.41, 5.74) is 4.35. The molecule has 0 aliphatic carbocycles. The first-order valence-electron chi connectivity index (χ1n) is 7.68. The molecule has 2 N–H and O–H groups in total. The molecule has 1 heterocycles. The van der Waals surface area contributed by atoms with Gasteiger partial charge in [-0.3, -0.25) is 9.78 Å². The number of anilines is 2. The highest BCUT2D eigenvalue weighted by molar-refractivity contribution is 6.05. The van der Waals surface area contributed by atoms with Gasteiger partial charge in [0.05, 0.1) is 11.3 Å². The van der Waals surface area contributed by atoms with Crippen LogP contribution in [0.2, 0.25) is 0 Å². The van der Waals surface area contributed by atoms with Crippen LogP contribution in [0.1, 0.15) is 21.5 Å². The van der Waals surface area contributed by atoms with Crippen LogP contribution in [0, 0.1) is 13.8 Å². The molecule has 5 nitrogen and oxygen atoms in total. The van der Waals surface area contributed by atoms with Gasteiger partial charge in [-0.15, -0.1) is 0 Å². The number of rotatable bonds is 6. The molecule has 0 unspecified atom stereocenters. The summed E-state index contributed by atoms with van der Waals surface area (Å²) in [7, 11) is 4.04. The third-order valence-electron chi connectivity index (χ3n) is 3.61. The molecule has 0 saturated carbocycles. The Morgan fingerprint density at radius 2 is 1.87 bits per heavy atom. The number of amides is 1. The maximum absolute atomic E-state index is 12.5. The van der Waals surface area contributed by atoms with Crippen LogP contribution in [0.3, 0.4) is 0 Å². The second-order valence-corrected chi connectivity index (χ2v) is 5.91. The number of hydrogen-bond acceptors (Lipinski definition) is 4. The maximum Gasteiger partial charge on any atom is 0.257 e. The van der Waals surface area contributed by atoms with Crippen LogP contribution in [0.4, 0.5) is 11.4 Å². The van der Waals surface area contributed by atoms with E-state index < -0.39 is 0 Å². The molecule has 2 rings (SSSR count). The summed E-state index contributed by atoms with van der Waals surface area (Å²) in [5, 5.41) is 6.26. The van der Waals surface area contributed by atoms with E-state index in [9.17, 15) is 4.79 Å². The van der Waals surface area contributed by atoms with Gasteiger partial charge in [0, 0.05) is 31.2 Å². The van der Waals surface area contributed by atoms with E-state index in [2.05, 4.69) is 20.5 Å². The molecule has 0 spiro atoms. The normalized spacial score (nSPS) is 10.7. The smallest absolute Gasteiger partial charge is 0.257 e. The van der Waals surface area contributed by atoms with Crippen LogP contribution in [0.15, 0.2) is 36.7 Å². The van der Waals surface area contributed by atoms with E-state index in [4.69, 9.17) is 0 Å². The monoisotopic (exact) mass is 312 g/mol. The van der Waals surface area contributed by atoms with Gasteiger partial charge in [-0.1, -0.05) is 18.2 Å². The van der Waals surface area contributed by atoms with Crippen LogP contribution in [0.25, 0.3) is 0 Å². The second kappa shape index (κ2) is 7.74. The molecule has 1 aromatic heterocycles. The number of hydrogen-bond donors (Lipinski definition) is 2. The average Bonchev–Trinajstić information content (AvgIpc) is 2.51. The van der Waals surface area contributed by atoms with Gasteiger partial charge in [0.15, 0.2) is 0 Å². The Kier molecular flexibility index (Phi) is 5.71. The van der Waals surface area contributed by atoms with Crippen LogP contribution in [-0.4, -0.2) is 43.0 Å². The van der Waals surface area contributed by atoms with Crippen molar-refractivity contribution in [2.45, 2.75) is 13.8 Å². The fourth-order valence-electron chi connectivity index (χ4n) is 2.28. The largest absolute Gasteiger partial charge is 0.382 e. The SMILES string of the molecule is Cc1cccc(C)c1NC(=O)c1cncc(NCCN(C)C)c1. The fourth-order valence-corrected chi connectivity index (χ4v) is 2.28. The predicted molar refractivity (Wildman–Crippen MR) is 95.1 cm³/mol. The quantitative estimate of drug-likeness (QED) is 0.861. The van der Waals surface area contributed by atoms with Crippen molar-refractivity contribution < 1.29 is 4.79 Å². The number of carbonyl (C=O) groups excluding carboxylic acids is 1. The van der Waals surface area contributed by atoms with E-state index in [0.29, 0.717) is 5.56 Å². The van der Waals surface area contributed by atoms with Crippen molar-refractivity contribution in [3.63, 3.8) is 0 Å². The summed E-state index contributed by atoms with van der Waals surface area (Å²) in [5.74, 6) is -0.147. The Bertz CT molecular complexity index is 662. The molecule has 5 heteroatoms. The minimum atomic E-state index is -0.147. The van der Waals surface area contributed by atoms with Crippen molar-refractivity contribution in [3.8, 4) is 0 Å². The number of pyridine rings is 1. The summed E-state index contributed by atoms with van der Waals surface area (Å²) < 4.78 is 0. The topological polar surface area (TPSA) is 57.3 Å². The van der Waals surface area contributed by atoms with Crippen LogP contribution < -0.4 is 10.6 Å². The lowest BCUT2D eigenvalue weighted by Gasteiger charge is -2.13. The van der Waals surface area contributed by atoms with Crippen molar-refractivity contribution in [2.75, 3.05) is 37.8 Å². The van der Waals surface area contributed by atoms with Gasteiger partial charge >= 0.3 is 0 Å². The van der Waals surface area contributed by atoms with E-state index in [-0.39, 0.29) is 5.91 Å². The summed E-state index contributed by atoms with van der Waals surface area (Å²) in [6.07, 6.45) is 3.31. The first kappa shape index (κ1) is 17.0. The van der Waals surface area contributed by atoms with E-state index >= 15 is 0 Å². The number of nitrogens with zero attached hydrogens (tertiary/aromatic N) is 2. The Morgan fingerprint density at radius 3 is 2.52 bits per heavy atom. The molecule has 1 amide bonds. The standard InChI is InChI=1S/C18H24N4O/c1-13-6-5-7-14(2)17(13)21-18(23)15-10-16(12-19-11-15)20-8-9-22(3)4/h5-7,10-12,20H,8-9H2,1-4H3,(H,21,23). The summed E-state index contributed by atoms with van der Waals surface area (Å²) >= 11 is 0. The lowest BCUT2D eigenvalue weighted by molar-refractivity contribution is 0.102. The third kappa shape index (κ3) is 4.79. The van der Waals surface area contributed by atoms with Gasteiger partial charge in [0.25, 0.3) is 5.91 Å². The minimum absolute atomic E-state index is 0.147. The summed E-state index contributed by atoms with van der Waals surface area (Å²) in [6.45, 7) is 5.69. The molecule has 0 aliphatic heterocycles. The van der Waals surface area contributed by atoms with Crippen molar-refractivity contribution in [1.29, 1.82) is 0 Å². The molecule has 122 valence electrons. The molecule has 0 aliphatic rings. The van der Waals surface area contributed by atoms with Gasteiger partial charge in [-0.05, 0) is 45.1 Å². The van der Waals surface area contributed by atoms with E-state index in [0.717, 1.165) is 35.6 Å². The molecular weight excluding hydrogens is 288 g/mol. The zero-order chi connectivity index (χ0) is 16.8. The predicted octanol–water partition coefficient (Wildman–Crippen LogP) is 2.92. The molecule has 23 heavy (non-hydrogen) atoms. The molecule has 0 atom stereocenters. The second-order valence-electron chi connectivity index (χ2n) is 5.91. The lowest BCUT2D eigenvalue weighted by Crippen LogP contribution is -2.21. The maximum atomic E-state index is 12.5. The van der Waals surface area contributed by atoms with Crippen molar-refractivity contribution in [2.24, 2.45) is 0 Å². The summed E-state index contributed by atoms with van der Waals surface area (Å²) in [6, 6.07) is 7.78. The number of nitrogens with one attached hydrogen (secondary N) is 2. The van der Waals surface area contributed by atoms with Crippen molar-refractivity contribution in [3.05, 3.63) is 53.3 Å². The van der Waals surface area contributed by atoms with Crippen molar-refractivity contribution >= 4 is 17.3 Å². The highest BCUT2D eigenvalue weighted by atomic mass is 16.1. The number of aryl methyl sites for hydroxylation is 2. The lowest BCUT2D eigenvalue weighted by atomic mass is 10.1. The van der Waals surface area contributed by atoms with Crippen LogP contribution >= 0.6 is 0 Å². The number of likely N-dealkylation sites (N-methyl/N-ethyl adjacent to an activating group) is 1. The average molecular weight is 312 g/mol. The third-order valence-corrected chi connectivity index (χ3v) is 3.61. The minimum Gasteiger partial charge on any atom is -0.382 e. The zero-order valence-corrected chi connectivity index (χ0v) is 14.2. The number of benzene rings is 1. The number of para-hydroxylation sites is 1. The van der Waals surface area contributed by atoms with Crippen LogP contribution in [-0.2, 0) is 0 Å². The van der Waals surface area contributed by atoms with Gasteiger partial charge in [-0.25, -0.2) is 0 Å². The first-order chi connectivity index (χ1) is 11.0. The van der Waals surface area contributed by atoms with Crippen LogP contribution in [0.5, 0.6) is 0 Å². The van der Waals surface area contributed by atoms with Gasteiger partial charge in [0.1, 0.15) is 0 Å². The molecule has 1 aromatic carbocycles. The van der Waals surface area contributed by atoms with Gasteiger partial charge in [-0.2, -0.15) is 0 Å². The highest BCUT2D eigenvalue weighted by Gasteiger charge is 2.10. The summed E-state index contributed by atoms with van der Waals surface area (Å²) in [4.78, 5) is 18.7. The molecular formula is C18H24N4O. The number of aromatic nitrogens is 1. The van der Waals surface area contributed by atoms with Gasteiger partial charge < -0.3 is 15.5 Å². The highest BCUT2D eigenvalue weighted by Crippen LogP contribution is 2.20. The molecule has 0 radical (unpaired) electrons. The van der Waals surface area contributed by atoms with E-state index in [1.165, 1.54) is 0 Å². The first-order valence-corrected chi connectivity index (χ1v) is 7.68. The van der Waals surface area contributed by atoms with E-state index in [1.54, 1.807) is 12.4 Å². The molecule has 2 aromatic rings. The van der Waals surface area contributed by atoms with Gasteiger partial charge in [0.2, 0.25) is 0 Å². The zero-order valence-electron chi connectivity index (χ0n) is 14.2. The fraction of sp³-hybridized carbons (Fsp3) is 0.333. The Labute approximate surface area is 137 Å². The Morgan fingerprint density at radius 1 is 1.17 bits per heavy atom. The Balaban J connectivity index is 2.08. The molecule has 0 bridgehead atoms. The Hall–Kier alpha value is -2.40. The molecule has 0 saturated heterocycles. The molecule has 0 fully saturated rings. The number of carbonyl (C=O) groups is 1.